The first-order chi connectivity index (χ1) is 10.0. The van der Waals surface area contributed by atoms with E-state index in [9.17, 15) is 8.78 Å². The molecular formula is C16H15BrClF2N. The molecule has 0 aromatic heterocycles. The van der Waals surface area contributed by atoms with Crippen molar-refractivity contribution < 1.29 is 8.78 Å². The van der Waals surface area contributed by atoms with Crippen LogP contribution in [0.4, 0.5) is 8.78 Å². The van der Waals surface area contributed by atoms with Gasteiger partial charge in [-0.3, -0.25) is 0 Å². The summed E-state index contributed by atoms with van der Waals surface area (Å²) in [6.07, 6.45) is 0.904. The molecule has 0 radical (unpaired) electrons. The number of nitrogens with one attached hydrogen (secondary N) is 1. The molecule has 0 bridgehead atoms. The number of benzene rings is 2. The van der Waals surface area contributed by atoms with Crippen LogP contribution in [0.2, 0.25) is 5.02 Å². The van der Waals surface area contributed by atoms with Gasteiger partial charge in [-0.25, -0.2) is 8.78 Å². The van der Waals surface area contributed by atoms with E-state index in [0.29, 0.717) is 17.1 Å². The maximum absolute atomic E-state index is 14.1. The van der Waals surface area contributed by atoms with Gasteiger partial charge in [-0.15, -0.1) is 0 Å². The lowest BCUT2D eigenvalue weighted by atomic mass is 9.98. The molecule has 112 valence electrons. The number of hydrogen-bond acceptors (Lipinski definition) is 1. The zero-order chi connectivity index (χ0) is 15.4. The summed E-state index contributed by atoms with van der Waals surface area (Å²) in [6, 6.07) is 8.68. The van der Waals surface area contributed by atoms with E-state index in [0.717, 1.165) is 22.5 Å². The summed E-state index contributed by atoms with van der Waals surface area (Å²) >= 11 is 9.46. The molecule has 0 fully saturated rings. The van der Waals surface area contributed by atoms with Gasteiger partial charge in [0.2, 0.25) is 0 Å². The second-order valence-corrected chi connectivity index (χ2v) is 6.11. The highest BCUT2D eigenvalue weighted by Gasteiger charge is 2.18. The van der Waals surface area contributed by atoms with Gasteiger partial charge in [0.1, 0.15) is 11.6 Å². The molecule has 0 aliphatic carbocycles. The van der Waals surface area contributed by atoms with E-state index in [2.05, 4.69) is 21.2 Å². The second-order valence-electron chi connectivity index (χ2n) is 4.76. The van der Waals surface area contributed by atoms with Crippen molar-refractivity contribution in [1.29, 1.82) is 0 Å². The van der Waals surface area contributed by atoms with Crippen molar-refractivity contribution in [3.05, 3.63) is 68.7 Å². The summed E-state index contributed by atoms with van der Waals surface area (Å²) in [6.45, 7) is 2.74. The molecule has 1 N–H and O–H groups in total. The molecule has 1 atom stereocenters. The fourth-order valence-electron chi connectivity index (χ4n) is 2.17. The third kappa shape index (κ3) is 4.25. The van der Waals surface area contributed by atoms with Gasteiger partial charge >= 0.3 is 0 Å². The van der Waals surface area contributed by atoms with Crippen LogP contribution in [0.15, 0.2) is 40.9 Å². The Morgan fingerprint density at radius 1 is 1.19 bits per heavy atom. The van der Waals surface area contributed by atoms with Crippen LogP contribution < -0.4 is 5.32 Å². The average Bonchev–Trinajstić information content (AvgIpc) is 2.40. The van der Waals surface area contributed by atoms with E-state index in [-0.39, 0.29) is 6.04 Å². The Morgan fingerprint density at radius 2 is 1.95 bits per heavy atom. The van der Waals surface area contributed by atoms with Crippen molar-refractivity contribution >= 4 is 27.5 Å². The molecular weight excluding hydrogens is 360 g/mol. The van der Waals surface area contributed by atoms with Crippen molar-refractivity contribution in [2.45, 2.75) is 19.4 Å². The zero-order valence-corrected chi connectivity index (χ0v) is 13.8. The third-order valence-electron chi connectivity index (χ3n) is 3.09. The average molecular weight is 375 g/mol. The molecule has 0 saturated heterocycles. The van der Waals surface area contributed by atoms with Gasteiger partial charge in [-0.05, 0) is 42.8 Å². The molecule has 1 nitrogen and oxygen atoms in total. The normalized spacial score (nSPS) is 12.4. The van der Waals surface area contributed by atoms with Crippen LogP contribution in [0.25, 0.3) is 0 Å². The van der Waals surface area contributed by atoms with Crippen molar-refractivity contribution in [3.8, 4) is 0 Å². The maximum atomic E-state index is 14.1. The quantitative estimate of drug-likeness (QED) is 0.732. The van der Waals surface area contributed by atoms with Crippen LogP contribution in [-0.2, 0) is 0 Å². The largest absolute Gasteiger partial charge is 0.306 e. The Bertz CT molecular complexity index is 613. The van der Waals surface area contributed by atoms with E-state index >= 15 is 0 Å². The van der Waals surface area contributed by atoms with E-state index in [1.54, 1.807) is 12.1 Å². The van der Waals surface area contributed by atoms with E-state index in [1.165, 1.54) is 12.1 Å². The number of halogens is 4. The Labute approximate surface area is 136 Å². The fraction of sp³-hybridized carbons (Fsp3) is 0.250. The minimum Gasteiger partial charge on any atom is -0.306 e. The minimum absolute atomic E-state index is 0.374. The number of rotatable bonds is 5. The Kier molecular flexibility index (Phi) is 5.73. The first kappa shape index (κ1) is 16.4. The highest BCUT2D eigenvalue weighted by atomic mass is 79.9. The van der Waals surface area contributed by atoms with Crippen molar-refractivity contribution in [2.75, 3.05) is 6.54 Å². The molecule has 0 aliphatic heterocycles. The molecule has 5 heteroatoms. The van der Waals surface area contributed by atoms with Gasteiger partial charge < -0.3 is 5.32 Å². The first-order valence-corrected chi connectivity index (χ1v) is 7.82. The summed E-state index contributed by atoms with van der Waals surface area (Å²) in [4.78, 5) is 0. The SMILES string of the molecule is CCCNC(c1cc(Cl)cc(Br)c1)c1ccc(F)cc1F. The van der Waals surface area contributed by atoms with Crippen molar-refractivity contribution in [2.24, 2.45) is 0 Å². The molecule has 0 saturated carbocycles. The predicted octanol–water partition coefficient (Wildman–Crippen LogP) is 5.47. The molecule has 2 aromatic rings. The highest BCUT2D eigenvalue weighted by Crippen LogP contribution is 2.29. The summed E-state index contributed by atoms with van der Waals surface area (Å²) < 4.78 is 28.0. The maximum Gasteiger partial charge on any atom is 0.131 e. The second kappa shape index (κ2) is 7.34. The molecule has 21 heavy (non-hydrogen) atoms. The Hall–Kier alpha value is -0.970. The standard InChI is InChI=1S/C16H15BrClF2N/c1-2-5-21-16(10-6-11(17)8-12(18)7-10)14-4-3-13(19)9-15(14)20/h3-4,6-9,16,21H,2,5H2,1H3. The summed E-state index contributed by atoms with van der Waals surface area (Å²) in [7, 11) is 0. The van der Waals surface area contributed by atoms with Crippen LogP contribution in [0, 0.1) is 11.6 Å². The molecule has 0 heterocycles. The predicted molar refractivity (Wildman–Crippen MR) is 85.6 cm³/mol. The van der Waals surface area contributed by atoms with Crippen LogP contribution in [-0.4, -0.2) is 6.54 Å². The van der Waals surface area contributed by atoms with Gasteiger partial charge in [0.15, 0.2) is 0 Å². The van der Waals surface area contributed by atoms with E-state index in [4.69, 9.17) is 11.6 Å². The molecule has 0 aliphatic rings. The number of hydrogen-bond donors (Lipinski definition) is 1. The first-order valence-electron chi connectivity index (χ1n) is 6.65. The van der Waals surface area contributed by atoms with Crippen LogP contribution in [0.1, 0.15) is 30.5 Å². The summed E-state index contributed by atoms with van der Waals surface area (Å²) in [5, 5.41) is 3.84. The van der Waals surface area contributed by atoms with Crippen molar-refractivity contribution in [1.82, 2.24) is 5.32 Å². The molecule has 1 unspecified atom stereocenters. The van der Waals surface area contributed by atoms with E-state index in [1.807, 2.05) is 13.0 Å². The van der Waals surface area contributed by atoms with Crippen LogP contribution in [0.5, 0.6) is 0 Å². The summed E-state index contributed by atoms with van der Waals surface area (Å²) in [5.41, 5.74) is 1.23. The van der Waals surface area contributed by atoms with Gasteiger partial charge in [-0.1, -0.05) is 40.5 Å². The minimum atomic E-state index is -0.585. The van der Waals surface area contributed by atoms with Gasteiger partial charge in [0, 0.05) is 21.1 Å². The van der Waals surface area contributed by atoms with Gasteiger partial charge in [0.05, 0.1) is 6.04 Å². The smallest absolute Gasteiger partial charge is 0.131 e. The van der Waals surface area contributed by atoms with Crippen molar-refractivity contribution in [3.63, 3.8) is 0 Å². The van der Waals surface area contributed by atoms with Gasteiger partial charge in [0.25, 0.3) is 0 Å². The lowest BCUT2D eigenvalue weighted by Crippen LogP contribution is -2.24. The molecule has 2 aromatic carbocycles. The van der Waals surface area contributed by atoms with Gasteiger partial charge in [-0.2, -0.15) is 0 Å². The molecule has 2 rings (SSSR count). The monoisotopic (exact) mass is 373 g/mol. The highest BCUT2D eigenvalue weighted by molar-refractivity contribution is 9.10. The van der Waals surface area contributed by atoms with Crippen LogP contribution >= 0.6 is 27.5 Å². The lowest BCUT2D eigenvalue weighted by molar-refractivity contribution is 0.532. The molecule has 0 spiro atoms. The zero-order valence-electron chi connectivity index (χ0n) is 11.5. The third-order valence-corrected chi connectivity index (χ3v) is 3.77. The Morgan fingerprint density at radius 3 is 2.57 bits per heavy atom. The van der Waals surface area contributed by atoms with E-state index < -0.39 is 11.6 Å². The van der Waals surface area contributed by atoms with Crippen LogP contribution in [0.3, 0.4) is 0 Å². The fourth-order valence-corrected chi connectivity index (χ4v) is 3.06. The summed E-state index contributed by atoms with van der Waals surface area (Å²) in [5.74, 6) is -1.16. The Balaban J connectivity index is 2.46. The molecule has 0 amide bonds. The topological polar surface area (TPSA) is 12.0 Å². The lowest BCUT2D eigenvalue weighted by Gasteiger charge is -2.21.